The third-order valence-corrected chi connectivity index (χ3v) is 6.93. The Morgan fingerprint density at radius 1 is 1.18 bits per heavy atom. The Bertz CT molecular complexity index is 1280. The number of fused-ring (bicyclic) bond motifs is 1. The van der Waals surface area contributed by atoms with Crippen LogP contribution in [0.4, 0.5) is 4.79 Å². The van der Waals surface area contributed by atoms with Gasteiger partial charge in [-0.1, -0.05) is 12.1 Å². The Morgan fingerprint density at radius 3 is 2.58 bits per heavy atom. The second kappa shape index (κ2) is 12.1. The molecule has 2 aromatic heterocycles. The maximum atomic E-state index is 12.4. The number of hydrogen-bond acceptors (Lipinski definition) is 6. The summed E-state index contributed by atoms with van der Waals surface area (Å²) in [5.74, 6) is 1.12. The van der Waals surface area contributed by atoms with Crippen molar-refractivity contribution in [1.29, 1.82) is 0 Å². The SMILES string of the molecule is Cc1cn(COCCS(C)(C)C)c2nccc(Oc3cccc(C(CC(=O)O)NC(=O)OC(C)(C)C)c3)c12. The summed E-state index contributed by atoms with van der Waals surface area (Å²) in [4.78, 5) is 28.4. The summed E-state index contributed by atoms with van der Waals surface area (Å²) in [5.41, 5.74) is 1.64. The van der Waals surface area contributed by atoms with Gasteiger partial charge in [0.2, 0.25) is 0 Å². The van der Waals surface area contributed by atoms with E-state index >= 15 is 0 Å². The van der Waals surface area contributed by atoms with Crippen LogP contribution in [0.2, 0.25) is 0 Å². The van der Waals surface area contributed by atoms with Crippen molar-refractivity contribution in [1.82, 2.24) is 14.9 Å². The second-order valence-corrected chi connectivity index (χ2v) is 15.7. The van der Waals surface area contributed by atoms with Gasteiger partial charge in [0.1, 0.15) is 29.5 Å². The number of carbonyl (C=O) groups excluding carboxylic acids is 1. The lowest BCUT2D eigenvalue weighted by atomic mass is 10.0. The normalized spacial score (nSPS) is 13.2. The lowest BCUT2D eigenvalue weighted by Crippen LogP contribution is -2.35. The number of amides is 1. The molecular formula is C28H39N3O6S. The van der Waals surface area contributed by atoms with Crippen molar-refractivity contribution in [2.45, 2.75) is 52.5 Å². The van der Waals surface area contributed by atoms with Gasteiger partial charge in [-0.25, -0.2) is 19.8 Å². The first-order valence-corrected chi connectivity index (χ1v) is 15.4. The molecule has 1 aromatic carbocycles. The summed E-state index contributed by atoms with van der Waals surface area (Å²) in [7, 11) is -0.621. The number of aliphatic carboxylic acids is 1. The number of carboxylic acid groups (broad SMARTS) is 1. The standard InChI is InChI=1S/C28H39N3O6S/c1-19-17-31(18-35-13-14-38(5,6)7)26-25(19)23(11-12-29-26)36-21-10-8-9-20(15-21)22(16-24(32)33)30-27(34)37-28(2,3)4/h8-12,15,17,22H,13-14,16,18H2,1-7H3,(H,30,34)(H,32,33). The van der Waals surface area contributed by atoms with E-state index in [1.807, 2.05) is 17.7 Å². The highest BCUT2D eigenvalue weighted by Crippen LogP contribution is 2.35. The quantitative estimate of drug-likeness (QED) is 0.291. The maximum Gasteiger partial charge on any atom is 0.408 e. The molecule has 0 radical (unpaired) electrons. The summed E-state index contributed by atoms with van der Waals surface area (Å²) in [6.07, 6.45) is 9.50. The van der Waals surface area contributed by atoms with Gasteiger partial charge in [0.25, 0.3) is 0 Å². The Balaban J connectivity index is 1.81. The number of aryl methyl sites for hydroxylation is 1. The highest BCUT2D eigenvalue weighted by atomic mass is 32.3. The fourth-order valence-electron chi connectivity index (χ4n) is 3.84. The molecular weight excluding hydrogens is 506 g/mol. The second-order valence-electron chi connectivity index (χ2n) is 11.1. The van der Waals surface area contributed by atoms with Crippen LogP contribution in [0.1, 0.15) is 44.4 Å². The zero-order valence-electron chi connectivity index (χ0n) is 23.2. The number of hydrogen-bond donors (Lipinski definition) is 2. The van der Waals surface area contributed by atoms with Crippen molar-refractivity contribution in [3.05, 3.63) is 53.9 Å². The van der Waals surface area contributed by atoms with Crippen molar-refractivity contribution in [3.8, 4) is 11.5 Å². The van der Waals surface area contributed by atoms with Crippen LogP contribution in [-0.4, -0.2) is 63.4 Å². The molecule has 208 valence electrons. The van der Waals surface area contributed by atoms with Crippen molar-refractivity contribution >= 4 is 33.1 Å². The van der Waals surface area contributed by atoms with E-state index in [1.54, 1.807) is 57.3 Å². The lowest BCUT2D eigenvalue weighted by molar-refractivity contribution is -0.137. The molecule has 0 aliphatic rings. The van der Waals surface area contributed by atoms with E-state index in [4.69, 9.17) is 14.2 Å². The van der Waals surface area contributed by atoms with Crippen LogP contribution in [0.15, 0.2) is 42.7 Å². The van der Waals surface area contributed by atoms with Crippen LogP contribution >= 0.6 is 10.0 Å². The van der Waals surface area contributed by atoms with Gasteiger partial charge in [0.05, 0.1) is 24.5 Å². The van der Waals surface area contributed by atoms with Gasteiger partial charge < -0.3 is 29.2 Å². The zero-order chi connectivity index (χ0) is 28.1. The van der Waals surface area contributed by atoms with Gasteiger partial charge in [0, 0.05) is 18.1 Å². The monoisotopic (exact) mass is 545 g/mol. The van der Waals surface area contributed by atoms with Crippen LogP contribution in [-0.2, 0) is 21.0 Å². The number of rotatable bonds is 11. The van der Waals surface area contributed by atoms with Crippen LogP contribution in [0.5, 0.6) is 11.5 Å². The van der Waals surface area contributed by atoms with Crippen LogP contribution < -0.4 is 10.1 Å². The molecule has 38 heavy (non-hydrogen) atoms. The minimum Gasteiger partial charge on any atom is -0.481 e. The number of ether oxygens (including phenoxy) is 3. The van der Waals surface area contributed by atoms with E-state index < -0.39 is 33.7 Å². The van der Waals surface area contributed by atoms with E-state index in [0.717, 1.165) is 22.3 Å². The Hall–Kier alpha value is -3.24. The predicted molar refractivity (Wildman–Crippen MR) is 152 cm³/mol. The van der Waals surface area contributed by atoms with Gasteiger partial charge in [0.15, 0.2) is 0 Å². The molecule has 10 heteroatoms. The summed E-state index contributed by atoms with van der Waals surface area (Å²) >= 11 is 0. The lowest BCUT2D eigenvalue weighted by Gasteiger charge is -2.24. The van der Waals surface area contributed by atoms with E-state index in [9.17, 15) is 14.7 Å². The highest BCUT2D eigenvalue weighted by Gasteiger charge is 2.23. The molecule has 0 spiro atoms. The van der Waals surface area contributed by atoms with Crippen LogP contribution in [0, 0.1) is 6.92 Å². The Morgan fingerprint density at radius 2 is 1.92 bits per heavy atom. The Kier molecular flexibility index (Phi) is 9.32. The van der Waals surface area contributed by atoms with E-state index in [2.05, 4.69) is 29.1 Å². The first kappa shape index (κ1) is 29.3. The van der Waals surface area contributed by atoms with Crippen molar-refractivity contribution in [3.63, 3.8) is 0 Å². The van der Waals surface area contributed by atoms with E-state index in [-0.39, 0.29) is 6.42 Å². The molecule has 1 atom stereocenters. The van der Waals surface area contributed by atoms with E-state index in [1.165, 1.54) is 0 Å². The third kappa shape index (κ3) is 8.66. The van der Waals surface area contributed by atoms with Crippen LogP contribution in [0.3, 0.4) is 0 Å². The summed E-state index contributed by atoms with van der Waals surface area (Å²) < 4.78 is 19.5. The zero-order valence-corrected chi connectivity index (χ0v) is 24.1. The third-order valence-electron chi connectivity index (χ3n) is 5.54. The number of alkyl carbamates (subject to hydrolysis) is 1. The minimum atomic E-state index is -1.05. The highest BCUT2D eigenvalue weighted by molar-refractivity contribution is 8.32. The smallest absolute Gasteiger partial charge is 0.408 e. The molecule has 1 unspecified atom stereocenters. The molecule has 3 rings (SSSR count). The van der Waals surface area contributed by atoms with Gasteiger partial charge in [-0.2, -0.15) is 0 Å². The number of carbonyl (C=O) groups is 2. The van der Waals surface area contributed by atoms with Crippen molar-refractivity contribution in [2.24, 2.45) is 0 Å². The number of carboxylic acids is 1. The van der Waals surface area contributed by atoms with Crippen molar-refractivity contribution in [2.75, 3.05) is 31.1 Å². The predicted octanol–water partition coefficient (Wildman–Crippen LogP) is 5.85. The fraction of sp³-hybridized carbons (Fsp3) is 0.464. The molecule has 2 N–H and O–H groups in total. The molecule has 0 fully saturated rings. The molecule has 0 aliphatic heterocycles. The van der Waals surface area contributed by atoms with Crippen molar-refractivity contribution < 1.29 is 28.9 Å². The molecule has 0 saturated heterocycles. The molecule has 1 amide bonds. The molecule has 0 aliphatic carbocycles. The molecule has 9 nitrogen and oxygen atoms in total. The number of benzene rings is 1. The molecule has 0 bridgehead atoms. The van der Waals surface area contributed by atoms with Gasteiger partial charge in [-0.05, 0) is 75.8 Å². The average molecular weight is 546 g/mol. The molecule has 3 aromatic rings. The molecule has 0 saturated carbocycles. The largest absolute Gasteiger partial charge is 0.481 e. The topological polar surface area (TPSA) is 112 Å². The van der Waals surface area contributed by atoms with Gasteiger partial charge >= 0.3 is 12.1 Å². The minimum absolute atomic E-state index is 0.305. The first-order chi connectivity index (χ1) is 17.7. The summed E-state index contributed by atoms with van der Waals surface area (Å²) in [6, 6.07) is 8.02. The maximum absolute atomic E-state index is 12.4. The van der Waals surface area contributed by atoms with E-state index in [0.29, 0.717) is 30.4 Å². The number of pyridine rings is 1. The fourth-order valence-corrected chi connectivity index (χ4v) is 4.45. The summed E-state index contributed by atoms with van der Waals surface area (Å²) in [6.45, 7) is 8.33. The molecule has 2 heterocycles. The first-order valence-electron chi connectivity index (χ1n) is 12.4. The average Bonchev–Trinajstić information content (AvgIpc) is 3.11. The van der Waals surface area contributed by atoms with Gasteiger partial charge in [-0.15, -0.1) is 0 Å². The Labute approximate surface area is 225 Å². The van der Waals surface area contributed by atoms with Gasteiger partial charge in [-0.3, -0.25) is 4.79 Å². The summed E-state index contributed by atoms with van der Waals surface area (Å²) in [5, 5.41) is 13.0. The van der Waals surface area contributed by atoms with Crippen LogP contribution in [0.25, 0.3) is 11.0 Å². The number of aromatic nitrogens is 2. The number of nitrogens with one attached hydrogen (secondary N) is 1. The number of nitrogens with zero attached hydrogens (tertiary/aromatic N) is 2.